The summed E-state index contributed by atoms with van der Waals surface area (Å²) >= 11 is 1.44. The van der Waals surface area contributed by atoms with E-state index in [1.54, 1.807) is 13.0 Å². The second kappa shape index (κ2) is 8.48. The SMILES string of the molecule is C=C(C)NOc1cnc(C(=O)Nc2ccc(F)c([C@]3(C)CCSC(N)=N3)c2)cn1. The van der Waals surface area contributed by atoms with Crippen molar-refractivity contribution < 1.29 is 14.0 Å². The van der Waals surface area contributed by atoms with Gasteiger partial charge in [0.05, 0.1) is 17.9 Å². The molecule has 0 radical (unpaired) electrons. The average molecular weight is 416 g/mol. The van der Waals surface area contributed by atoms with E-state index >= 15 is 0 Å². The number of nitrogens with two attached hydrogens (primary N) is 1. The molecule has 1 aromatic carbocycles. The largest absolute Gasteiger partial charge is 0.379 e. The maximum atomic E-state index is 14.5. The Morgan fingerprint density at radius 1 is 1.38 bits per heavy atom. The van der Waals surface area contributed by atoms with Crippen LogP contribution in [0.2, 0.25) is 0 Å². The highest BCUT2D eigenvalue weighted by molar-refractivity contribution is 8.13. The third-order valence-corrected chi connectivity index (χ3v) is 4.99. The molecule has 1 atom stereocenters. The summed E-state index contributed by atoms with van der Waals surface area (Å²) in [6, 6.07) is 4.35. The summed E-state index contributed by atoms with van der Waals surface area (Å²) in [7, 11) is 0. The number of nitrogens with zero attached hydrogens (tertiary/aromatic N) is 3. The Balaban J connectivity index is 1.76. The van der Waals surface area contributed by atoms with Crippen LogP contribution in [0.4, 0.5) is 10.1 Å². The number of rotatable bonds is 6. The summed E-state index contributed by atoms with van der Waals surface area (Å²) in [6.07, 6.45) is 3.22. The zero-order valence-corrected chi connectivity index (χ0v) is 16.8. The number of halogens is 1. The predicted molar refractivity (Wildman–Crippen MR) is 111 cm³/mol. The van der Waals surface area contributed by atoms with Crippen LogP contribution in [0.25, 0.3) is 0 Å². The molecule has 0 bridgehead atoms. The van der Waals surface area contributed by atoms with Gasteiger partial charge in [-0.3, -0.25) is 9.79 Å². The van der Waals surface area contributed by atoms with Gasteiger partial charge in [0.2, 0.25) is 0 Å². The lowest BCUT2D eigenvalue weighted by Crippen LogP contribution is -2.29. The third kappa shape index (κ3) is 5.02. The van der Waals surface area contributed by atoms with Gasteiger partial charge in [-0.05, 0) is 38.5 Å². The number of amidine groups is 1. The first-order valence-corrected chi connectivity index (χ1v) is 9.75. The fourth-order valence-corrected chi connectivity index (χ4v) is 3.69. The minimum Gasteiger partial charge on any atom is -0.379 e. The number of benzene rings is 1. The van der Waals surface area contributed by atoms with Gasteiger partial charge in [0.15, 0.2) is 5.17 Å². The molecule has 4 N–H and O–H groups in total. The molecule has 152 valence electrons. The van der Waals surface area contributed by atoms with E-state index < -0.39 is 17.3 Å². The highest BCUT2D eigenvalue weighted by atomic mass is 32.2. The summed E-state index contributed by atoms with van der Waals surface area (Å²) < 4.78 is 14.5. The molecular formula is C19H21FN6O2S. The van der Waals surface area contributed by atoms with E-state index in [2.05, 4.69) is 32.3 Å². The Kier molecular flexibility index (Phi) is 6.02. The van der Waals surface area contributed by atoms with Crippen LogP contribution in [-0.2, 0) is 5.54 Å². The van der Waals surface area contributed by atoms with Crippen molar-refractivity contribution in [1.82, 2.24) is 15.4 Å². The highest BCUT2D eigenvalue weighted by Crippen LogP contribution is 2.37. The van der Waals surface area contributed by atoms with Gasteiger partial charge in [-0.15, -0.1) is 0 Å². The number of allylic oxidation sites excluding steroid dienone is 1. The van der Waals surface area contributed by atoms with Crippen molar-refractivity contribution in [3.8, 4) is 5.88 Å². The summed E-state index contributed by atoms with van der Waals surface area (Å²) in [5.74, 6) is 0.0424. The molecule has 2 heterocycles. The van der Waals surface area contributed by atoms with Crippen molar-refractivity contribution in [1.29, 1.82) is 0 Å². The first-order valence-electron chi connectivity index (χ1n) is 8.77. The molecule has 0 fully saturated rings. The number of hydroxylamine groups is 1. The number of thioether (sulfide) groups is 1. The fraction of sp³-hybridized carbons (Fsp3) is 0.263. The Labute approximate surface area is 171 Å². The number of aromatic nitrogens is 2. The first kappa shape index (κ1) is 20.6. The molecule has 0 saturated heterocycles. The van der Waals surface area contributed by atoms with Crippen LogP contribution in [0.5, 0.6) is 5.88 Å². The second-order valence-corrected chi connectivity index (χ2v) is 7.81. The van der Waals surface area contributed by atoms with Crippen molar-refractivity contribution in [3.05, 3.63) is 59.9 Å². The summed E-state index contributed by atoms with van der Waals surface area (Å²) in [5, 5.41) is 3.12. The third-order valence-electron chi connectivity index (χ3n) is 4.19. The molecule has 29 heavy (non-hydrogen) atoms. The van der Waals surface area contributed by atoms with Gasteiger partial charge >= 0.3 is 0 Å². The van der Waals surface area contributed by atoms with Crippen molar-refractivity contribution >= 4 is 28.5 Å². The first-order chi connectivity index (χ1) is 13.8. The number of amides is 1. The van der Waals surface area contributed by atoms with Gasteiger partial charge in [-0.2, -0.15) is 0 Å². The number of anilines is 1. The van der Waals surface area contributed by atoms with Crippen LogP contribution in [0.15, 0.2) is 47.9 Å². The molecule has 0 spiro atoms. The average Bonchev–Trinajstić information content (AvgIpc) is 2.68. The van der Waals surface area contributed by atoms with Crippen LogP contribution < -0.4 is 21.4 Å². The van der Waals surface area contributed by atoms with Crippen LogP contribution in [0.3, 0.4) is 0 Å². The lowest BCUT2D eigenvalue weighted by Gasteiger charge is -2.30. The fourth-order valence-electron chi connectivity index (χ4n) is 2.72. The molecule has 0 aliphatic carbocycles. The zero-order chi connectivity index (χ0) is 21.0. The standard InChI is InChI=1S/C19H21FN6O2S/c1-11(2)26-28-16-10-22-15(9-23-16)17(27)24-12-4-5-14(20)13(8-12)19(3)6-7-29-18(21)25-19/h4-5,8-10,26H,1,6-7H2,2-3H3,(H2,21,25)(H,24,27)/t19-/m0/s1. The van der Waals surface area contributed by atoms with Crippen LogP contribution in [0, 0.1) is 5.82 Å². The molecule has 1 aliphatic rings. The van der Waals surface area contributed by atoms with Crippen molar-refractivity contribution in [2.75, 3.05) is 11.1 Å². The minimum absolute atomic E-state index is 0.0843. The maximum Gasteiger partial charge on any atom is 0.275 e. The van der Waals surface area contributed by atoms with E-state index in [-0.39, 0.29) is 11.6 Å². The van der Waals surface area contributed by atoms with Crippen LogP contribution in [0.1, 0.15) is 36.3 Å². The minimum atomic E-state index is -0.783. The number of hydrogen-bond donors (Lipinski definition) is 3. The Hall–Kier alpha value is -3.14. The van der Waals surface area contributed by atoms with Gasteiger partial charge in [0.1, 0.15) is 11.5 Å². The quantitative estimate of drug-likeness (QED) is 0.620. The van der Waals surface area contributed by atoms with E-state index in [1.807, 2.05) is 6.92 Å². The summed E-state index contributed by atoms with van der Waals surface area (Å²) in [4.78, 5) is 30.0. The predicted octanol–water partition coefficient (Wildman–Crippen LogP) is 2.95. The van der Waals surface area contributed by atoms with Gasteiger partial charge < -0.3 is 15.9 Å². The molecule has 1 aliphatic heterocycles. The van der Waals surface area contributed by atoms with Crippen molar-refractivity contribution in [2.24, 2.45) is 10.7 Å². The van der Waals surface area contributed by atoms with Gasteiger partial charge in [0.25, 0.3) is 11.8 Å². The summed E-state index contributed by atoms with van der Waals surface area (Å²) in [5.41, 5.74) is 9.07. The van der Waals surface area contributed by atoms with Crippen LogP contribution in [-0.4, -0.2) is 26.8 Å². The lowest BCUT2D eigenvalue weighted by atomic mass is 9.89. The molecule has 8 nitrogen and oxygen atoms in total. The lowest BCUT2D eigenvalue weighted by molar-refractivity contribution is 0.102. The second-order valence-electron chi connectivity index (χ2n) is 6.70. The molecule has 3 rings (SSSR count). The van der Waals surface area contributed by atoms with E-state index in [0.717, 1.165) is 5.75 Å². The van der Waals surface area contributed by atoms with E-state index in [0.29, 0.717) is 28.5 Å². The molecule has 1 amide bonds. The molecular weight excluding hydrogens is 395 g/mol. The van der Waals surface area contributed by atoms with Crippen molar-refractivity contribution in [2.45, 2.75) is 25.8 Å². The Bertz CT molecular complexity index is 966. The number of carbonyl (C=O) groups is 1. The number of carbonyl (C=O) groups excluding carboxylic acids is 1. The van der Waals surface area contributed by atoms with E-state index in [4.69, 9.17) is 10.6 Å². The highest BCUT2D eigenvalue weighted by Gasteiger charge is 2.32. The smallest absolute Gasteiger partial charge is 0.275 e. The Morgan fingerprint density at radius 3 is 2.83 bits per heavy atom. The number of nitrogens with one attached hydrogen (secondary N) is 2. The van der Waals surface area contributed by atoms with Gasteiger partial charge in [0, 0.05) is 22.7 Å². The normalized spacial score (nSPS) is 18.5. The van der Waals surface area contributed by atoms with Crippen molar-refractivity contribution in [3.63, 3.8) is 0 Å². The molecule has 2 aromatic rings. The molecule has 0 unspecified atom stereocenters. The van der Waals surface area contributed by atoms with E-state index in [9.17, 15) is 9.18 Å². The molecule has 1 aromatic heterocycles. The monoisotopic (exact) mass is 416 g/mol. The molecule has 0 saturated carbocycles. The Morgan fingerprint density at radius 2 is 2.17 bits per heavy atom. The zero-order valence-electron chi connectivity index (χ0n) is 16.0. The topological polar surface area (TPSA) is 115 Å². The maximum absolute atomic E-state index is 14.5. The van der Waals surface area contributed by atoms with Crippen LogP contribution >= 0.6 is 11.8 Å². The van der Waals surface area contributed by atoms with Gasteiger partial charge in [-0.1, -0.05) is 18.3 Å². The van der Waals surface area contributed by atoms with Gasteiger partial charge in [-0.25, -0.2) is 19.8 Å². The summed E-state index contributed by atoms with van der Waals surface area (Å²) in [6.45, 7) is 7.17. The van der Waals surface area contributed by atoms with E-state index in [1.165, 1.54) is 36.3 Å². The molecule has 10 heteroatoms. The number of hydrogen-bond acceptors (Lipinski definition) is 8. The number of aliphatic imine (C=N–C) groups is 1.